The molecule has 0 atom stereocenters. The predicted octanol–water partition coefficient (Wildman–Crippen LogP) is 2.72. The maximum absolute atomic E-state index is 12.4. The summed E-state index contributed by atoms with van der Waals surface area (Å²) < 4.78 is 0. The van der Waals surface area contributed by atoms with Crippen LogP contribution in [0, 0.1) is 13.8 Å². The lowest BCUT2D eigenvalue weighted by atomic mass is 10.1. The zero-order valence-corrected chi connectivity index (χ0v) is 14.4. The van der Waals surface area contributed by atoms with Gasteiger partial charge in [0.05, 0.1) is 12.2 Å². The standard InChI is InChI=1S/C18H22N4O2/c1-12-6-5-7-16(13(12)2)21-17(23)14-8-9-19-15(10-14)11-20-18(24)22(3)4/h5-10H,11H2,1-4H3,(H,20,24)(H,21,23). The quantitative estimate of drug-likeness (QED) is 0.907. The largest absolute Gasteiger partial charge is 0.332 e. The number of hydrogen-bond donors (Lipinski definition) is 2. The topological polar surface area (TPSA) is 74.3 Å². The van der Waals surface area contributed by atoms with Crippen LogP contribution in [0.25, 0.3) is 0 Å². The van der Waals surface area contributed by atoms with E-state index in [1.807, 2.05) is 32.0 Å². The van der Waals surface area contributed by atoms with Crippen molar-refractivity contribution in [1.29, 1.82) is 0 Å². The first-order valence-corrected chi connectivity index (χ1v) is 7.66. The number of aryl methyl sites for hydroxylation is 1. The first-order chi connectivity index (χ1) is 11.4. The second kappa shape index (κ2) is 7.59. The molecule has 2 aromatic rings. The minimum Gasteiger partial charge on any atom is -0.332 e. The Morgan fingerprint density at radius 1 is 1.17 bits per heavy atom. The summed E-state index contributed by atoms with van der Waals surface area (Å²) in [6.45, 7) is 4.24. The van der Waals surface area contributed by atoms with Crippen molar-refractivity contribution in [3.8, 4) is 0 Å². The van der Waals surface area contributed by atoms with Crippen molar-refractivity contribution in [2.24, 2.45) is 0 Å². The number of nitrogens with one attached hydrogen (secondary N) is 2. The normalized spacial score (nSPS) is 10.2. The molecule has 0 saturated heterocycles. The highest BCUT2D eigenvalue weighted by atomic mass is 16.2. The number of urea groups is 1. The van der Waals surface area contributed by atoms with Gasteiger partial charge in [0, 0.05) is 31.5 Å². The Labute approximate surface area is 141 Å². The SMILES string of the molecule is Cc1cccc(NC(=O)c2ccnc(CNC(=O)N(C)C)c2)c1C. The van der Waals surface area contributed by atoms with Crippen molar-refractivity contribution in [3.05, 3.63) is 58.9 Å². The van der Waals surface area contributed by atoms with Gasteiger partial charge in [0.2, 0.25) is 0 Å². The molecule has 0 radical (unpaired) electrons. The Kier molecular flexibility index (Phi) is 5.52. The lowest BCUT2D eigenvalue weighted by Crippen LogP contribution is -2.34. The van der Waals surface area contributed by atoms with Gasteiger partial charge in [-0.05, 0) is 43.2 Å². The molecule has 0 spiro atoms. The lowest BCUT2D eigenvalue weighted by molar-refractivity contribution is 0.102. The van der Waals surface area contributed by atoms with Crippen LogP contribution in [0.3, 0.4) is 0 Å². The molecule has 0 aliphatic rings. The fourth-order valence-corrected chi connectivity index (χ4v) is 2.12. The third kappa shape index (κ3) is 4.32. The van der Waals surface area contributed by atoms with E-state index in [1.165, 1.54) is 4.90 Å². The molecule has 0 unspecified atom stereocenters. The summed E-state index contributed by atoms with van der Waals surface area (Å²) in [5, 5.41) is 5.64. The number of rotatable bonds is 4. The average Bonchev–Trinajstić information content (AvgIpc) is 2.57. The van der Waals surface area contributed by atoms with Crippen LogP contribution >= 0.6 is 0 Å². The van der Waals surface area contributed by atoms with Gasteiger partial charge in [-0.15, -0.1) is 0 Å². The highest BCUT2D eigenvalue weighted by molar-refractivity contribution is 6.04. The number of amides is 3. The maximum atomic E-state index is 12.4. The van der Waals surface area contributed by atoms with Gasteiger partial charge in [-0.25, -0.2) is 4.79 Å². The molecule has 0 aliphatic carbocycles. The molecule has 0 fully saturated rings. The van der Waals surface area contributed by atoms with Crippen LogP contribution in [0.15, 0.2) is 36.5 Å². The molecular formula is C18H22N4O2. The molecule has 2 rings (SSSR count). The molecule has 6 nitrogen and oxygen atoms in total. The minimum absolute atomic E-state index is 0.203. The Morgan fingerprint density at radius 2 is 1.92 bits per heavy atom. The maximum Gasteiger partial charge on any atom is 0.317 e. The first-order valence-electron chi connectivity index (χ1n) is 7.66. The average molecular weight is 326 g/mol. The summed E-state index contributed by atoms with van der Waals surface area (Å²) in [6.07, 6.45) is 1.56. The van der Waals surface area contributed by atoms with Gasteiger partial charge >= 0.3 is 6.03 Å². The Morgan fingerprint density at radius 3 is 2.62 bits per heavy atom. The highest BCUT2D eigenvalue weighted by Crippen LogP contribution is 2.18. The molecule has 1 aromatic carbocycles. The third-order valence-electron chi connectivity index (χ3n) is 3.76. The summed E-state index contributed by atoms with van der Waals surface area (Å²) in [6, 6.07) is 8.91. The zero-order chi connectivity index (χ0) is 17.7. The summed E-state index contributed by atoms with van der Waals surface area (Å²) >= 11 is 0. The van der Waals surface area contributed by atoms with Crippen LogP contribution in [-0.4, -0.2) is 35.9 Å². The molecule has 6 heteroatoms. The van der Waals surface area contributed by atoms with Crippen LogP contribution in [-0.2, 0) is 6.54 Å². The van der Waals surface area contributed by atoms with Gasteiger partial charge in [-0.2, -0.15) is 0 Å². The Bertz CT molecular complexity index is 756. The summed E-state index contributed by atoms with van der Waals surface area (Å²) in [4.78, 5) is 29.6. The van der Waals surface area contributed by atoms with E-state index in [0.29, 0.717) is 11.3 Å². The number of pyridine rings is 1. The van der Waals surface area contributed by atoms with Gasteiger partial charge < -0.3 is 15.5 Å². The van der Waals surface area contributed by atoms with E-state index in [0.717, 1.165) is 16.8 Å². The van der Waals surface area contributed by atoms with Crippen LogP contribution in [0.1, 0.15) is 27.2 Å². The van der Waals surface area contributed by atoms with Crippen LogP contribution in [0.5, 0.6) is 0 Å². The van der Waals surface area contributed by atoms with Crippen molar-refractivity contribution >= 4 is 17.6 Å². The van der Waals surface area contributed by atoms with Crippen LogP contribution in [0.4, 0.5) is 10.5 Å². The molecule has 3 amide bonds. The molecule has 0 saturated carbocycles. The molecular weight excluding hydrogens is 304 g/mol. The Balaban J connectivity index is 2.09. The van der Waals surface area contributed by atoms with E-state index in [2.05, 4.69) is 15.6 Å². The second-order valence-corrected chi connectivity index (χ2v) is 5.79. The van der Waals surface area contributed by atoms with Crippen molar-refractivity contribution < 1.29 is 9.59 Å². The Hall–Kier alpha value is -2.89. The van der Waals surface area contributed by atoms with Gasteiger partial charge in [0.25, 0.3) is 5.91 Å². The van der Waals surface area contributed by atoms with E-state index in [9.17, 15) is 9.59 Å². The van der Waals surface area contributed by atoms with E-state index in [-0.39, 0.29) is 18.5 Å². The fraction of sp³-hybridized carbons (Fsp3) is 0.278. The molecule has 126 valence electrons. The van der Waals surface area contributed by atoms with Crippen molar-refractivity contribution in [2.75, 3.05) is 19.4 Å². The van der Waals surface area contributed by atoms with E-state index < -0.39 is 0 Å². The van der Waals surface area contributed by atoms with Crippen molar-refractivity contribution in [2.45, 2.75) is 20.4 Å². The van der Waals surface area contributed by atoms with E-state index in [1.54, 1.807) is 32.4 Å². The zero-order valence-electron chi connectivity index (χ0n) is 14.4. The smallest absolute Gasteiger partial charge is 0.317 e. The number of hydrogen-bond acceptors (Lipinski definition) is 3. The second-order valence-electron chi connectivity index (χ2n) is 5.79. The number of carbonyl (C=O) groups is 2. The predicted molar refractivity (Wildman–Crippen MR) is 94.0 cm³/mol. The van der Waals surface area contributed by atoms with Crippen LogP contribution < -0.4 is 10.6 Å². The van der Waals surface area contributed by atoms with Gasteiger partial charge in [-0.3, -0.25) is 9.78 Å². The first kappa shape index (κ1) is 17.5. The molecule has 0 bridgehead atoms. The number of carbonyl (C=O) groups excluding carboxylic acids is 2. The number of nitrogens with zero attached hydrogens (tertiary/aromatic N) is 2. The summed E-state index contributed by atoms with van der Waals surface area (Å²) in [5.41, 5.74) is 4.08. The monoisotopic (exact) mass is 326 g/mol. The summed E-state index contributed by atoms with van der Waals surface area (Å²) in [7, 11) is 3.33. The third-order valence-corrected chi connectivity index (χ3v) is 3.76. The van der Waals surface area contributed by atoms with Crippen molar-refractivity contribution in [1.82, 2.24) is 15.2 Å². The fourth-order valence-electron chi connectivity index (χ4n) is 2.12. The van der Waals surface area contributed by atoms with Crippen LogP contribution in [0.2, 0.25) is 0 Å². The van der Waals surface area contributed by atoms with Gasteiger partial charge in [0.15, 0.2) is 0 Å². The van der Waals surface area contributed by atoms with Crippen molar-refractivity contribution in [3.63, 3.8) is 0 Å². The van der Waals surface area contributed by atoms with E-state index >= 15 is 0 Å². The van der Waals surface area contributed by atoms with Gasteiger partial charge in [-0.1, -0.05) is 12.1 Å². The molecule has 0 aliphatic heterocycles. The highest BCUT2D eigenvalue weighted by Gasteiger charge is 2.10. The number of benzene rings is 1. The molecule has 1 heterocycles. The number of aromatic nitrogens is 1. The molecule has 1 aromatic heterocycles. The number of anilines is 1. The molecule has 24 heavy (non-hydrogen) atoms. The van der Waals surface area contributed by atoms with E-state index in [4.69, 9.17) is 0 Å². The van der Waals surface area contributed by atoms with Gasteiger partial charge in [0.1, 0.15) is 0 Å². The minimum atomic E-state index is -0.206. The molecule has 2 N–H and O–H groups in total. The lowest BCUT2D eigenvalue weighted by Gasteiger charge is -2.12. The summed E-state index contributed by atoms with van der Waals surface area (Å²) in [5.74, 6) is -0.203.